The molecule has 1 aromatic heterocycles. The number of benzene rings is 2. The minimum absolute atomic E-state index is 0.0822. The van der Waals surface area contributed by atoms with E-state index in [0.29, 0.717) is 17.1 Å². The fourth-order valence-electron chi connectivity index (χ4n) is 2.44. The van der Waals surface area contributed by atoms with Gasteiger partial charge in [-0.3, -0.25) is 4.79 Å². The molecule has 3 rings (SSSR count). The molecule has 122 valence electrons. The maximum absolute atomic E-state index is 12.3. The fourth-order valence-corrected chi connectivity index (χ4v) is 2.86. The average molecular weight is 338 g/mol. The average Bonchev–Trinajstić information content (AvgIpc) is 2.59. The summed E-state index contributed by atoms with van der Waals surface area (Å²) in [5.41, 5.74) is 2.37. The summed E-state index contributed by atoms with van der Waals surface area (Å²) in [7, 11) is 0. The lowest BCUT2D eigenvalue weighted by Crippen LogP contribution is -2.17. The van der Waals surface area contributed by atoms with E-state index in [0.717, 1.165) is 22.8 Å². The molecule has 5 heteroatoms. The standard InChI is InChI=1S/C19H18N2O2S/c1-13-17(18(22)21-19(20-13)24-2)12-14-7-6-10-16(11-14)23-15-8-4-3-5-9-15/h3-11H,12H2,1-2H3,(H,20,21,22). The highest BCUT2D eigenvalue weighted by molar-refractivity contribution is 7.98. The third-order valence-corrected chi connectivity index (χ3v) is 4.23. The Balaban J connectivity index is 1.84. The van der Waals surface area contributed by atoms with Gasteiger partial charge in [0.2, 0.25) is 0 Å². The Morgan fingerprint density at radius 2 is 1.83 bits per heavy atom. The van der Waals surface area contributed by atoms with Gasteiger partial charge in [0, 0.05) is 17.7 Å². The highest BCUT2D eigenvalue weighted by Crippen LogP contribution is 2.23. The number of para-hydroxylation sites is 1. The van der Waals surface area contributed by atoms with Gasteiger partial charge in [0.1, 0.15) is 11.5 Å². The molecular formula is C19H18N2O2S. The Morgan fingerprint density at radius 3 is 2.54 bits per heavy atom. The Morgan fingerprint density at radius 1 is 1.08 bits per heavy atom. The van der Waals surface area contributed by atoms with Crippen LogP contribution in [0.15, 0.2) is 64.5 Å². The van der Waals surface area contributed by atoms with Crippen LogP contribution >= 0.6 is 11.8 Å². The third kappa shape index (κ3) is 3.86. The van der Waals surface area contributed by atoms with Gasteiger partial charge in [-0.1, -0.05) is 42.1 Å². The molecule has 0 unspecified atom stereocenters. The smallest absolute Gasteiger partial charge is 0.255 e. The Hall–Kier alpha value is -2.53. The topological polar surface area (TPSA) is 55.0 Å². The molecule has 24 heavy (non-hydrogen) atoms. The van der Waals surface area contributed by atoms with Crippen LogP contribution in [0.2, 0.25) is 0 Å². The summed E-state index contributed by atoms with van der Waals surface area (Å²) in [5.74, 6) is 1.54. The van der Waals surface area contributed by atoms with Crippen molar-refractivity contribution in [2.75, 3.05) is 6.26 Å². The van der Waals surface area contributed by atoms with Crippen molar-refractivity contribution in [2.24, 2.45) is 0 Å². The zero-order chi connectivity index (χ0) is 16.9. The summed E-state index contributed by atoms with van der Waals surface area (Å²) in [4.78, 5) is 19.5. The molecule has 0 aliphatic carbocycles. The molecule has 0 aliphatic heterocycles. The van der Waals surface area contributed by atoms with Crippen LogP contribution in [-0.2, 0) is 6.42 Å². The normalized spacial score (nSPS) is 10.6. The molecule has 0 fully saturated rings. The van der Waals surface area contributed by atoms with E-state index < -0.39 is 0 Å². The van der Waals surface area contributed by atoms with E-state index in [2.05, 4.69) is 9.97 Å². The molecule has 0 aliphatic rings. The van der Waals surface area contributed by atoms with Crippen LogP contribution in [0.5, 0.6) is 11.5 Å². The second-order valence-corrected chi connectivity index (χ2v) is 6.17. The van der Waals surface area contributed by atoms with Crippen molar-refractivity contribution in [3.05, 3.63) is 81.8 Å². The Bertz CT molecular complexity index is 891. The van der Waals surface area contributed by atoms with E-state index in [1.54, 1.807) is 0 Å². The maximum atomic E-state index is 12.3. The second kappa shape index (κ2) is 7.36. The summed E-state index contributed by atoms with van der Waals surface area (Å²) in [5, 5.41) is 0.641. The largest absolute Gasteiger partial charge is 0.457 e. The number of H-pyrrole nitrogens is 1. The number of aryl methyl sites for hydroxylation is 1. The van der Waals surface area contributed by atoms with Gasteiger partial charge in [-0.2, -0.15) is 0 Å². The zero-order valence-corrected chi connectivity index (χ0v) is 14.4. The summed E-state index contributed by atoms with van der Waals surface area (Å²) in [6.45, 7) is 1.87. The first-order valence-electron chi connectivity index (χ1n) is 7.61. The van der Waals surface area contributed by atoms with Crippen molar-refractivity contribution in [3.8, 4) is 11.5 Å². The van der Waals surface area contributed by atoms with Crippen LogP contribution in [0.1, 0.15) is 16.8 Å². The van der Waals surface area contributed by atoms with E-state index >= 15 is 0 Å². The van der Waals surface area contributed by atoms with Gasteiger partial charge >= 0.3 is 0 Å². The van der Waals surface area contributed by atoms with Gasteiger partial charge < -0.3 is 9.72 Å². The van der Waals surface area contributed by atoms with Gasteiger partial charge in [-0.05, 0) is 43.0 Å². The molecule has 1 N–H and O–H groups in total. The van der Waals surface area contributed by atoms with Crippen molar-refractivity contribution in [3.63, 3.8) is 0 Å². The number of nitrogens with one attached hydrogen (secondary N) is 1. The molecule has 4 nitrogen and oxygen atoms in total. The Kier molecular flexibility index (Phi) is 5.01. The first-order valence-corrected chi connectivity index (χ1v) is 8.84. The van der Waals surface area contributed by atoms with Gasteiger partial charge in [-0.15, -0.1) is 0 Å². The van der Waals surface area contributed by atoms with Crippen LogP contribution in [-0.4, -0.2) is 16.2 Å². The van der Waals surface area contributed by atoms with Crippen LogP contribution < -0.4 is 10.3 Å². The number of hydrogen-bond donors (Lipinski definition) is 1. The molecule has 0 bridgehead atoms. The molecule has 0 saturated carbocycles. The van der Waals surface area contributed by atoms with E-state index in [9.17, 15) is 4.79 Å². The van der Waals surface area contributed by atoms with Crippen molar-refractivity contribution < 1.29 is 4.74 Å². The lowest BCUT2D eigenvalue weighted by Gasteiger charge is -2.09. The van der Waals surface area contributed by atoms with Crippen molar-refractivity contribution in [2.45, 2.75) is 18.5 Å². The summed E-state index contributed by atoms with van der Waals surface area (Å²) in [6.07, 6.45) is 2.41. The van der Waals surface area contributed by atoms with Crippen molar-refractivity contribution in [1.29, 1.82) is 0 Å². The van der Waals surface area contributed by atoms with E-state index in [-0.39, 0.29) is 5.56 Å². The second-order valence-electron chi connectivity index (χ2n) is 5.38. The molecule has 0 atom stereocenters. The first kappa shape index (κ1) is 16.3. The van der Waals surface area contributed by atoms with Gasteiger partial charge in [0.25, 0.3) is 5.56 Å². The summed E-state index contributed by atoms with van der Waals surface area (Å²) >= 11 is 1.43. The maximum Gasteiger partial charge on any atom is 0.255 e. The number of nitrogens with zero attached hydrogens (tertiary/aromatic N) is 1. The van der Waals surface area contributed by atoms with Crippen LogP contribution in [0.25, 0.3) is 0 Å². The van der Waals surface area contributed by atoms with Crippen LogP contribution in [0, 0.1) is 6.92 Å². The lowest BCUT2D eigenvalue weighted by atomic mass is 10.0. The van der Waals surface area contributed by atoms with E-state index in [1.165, 1.54) is 11.8 Å². The molecule has 2 aromatic carbocycles. The van der Waals surface area contributed by atoms with Crippen molar-refractivity contribution in [1.82, 2.24) is 9.97 Å². The monoisotopic (exact) mass is 338 g/mol. The number of ether oxygens (including phenoxy) is 1. The molecule has 0 saturated heterocycles. The van der Waals surface area contributed by atoms with Crippen LogP contribution in [0.3, 0.4) is 0 Å². The third-order valence-electron chi connectivity index (χ3n) is 3.65. The minimum Gasteiger partial charge on any atom is -0.457 e. The predicted octanol–water partition coefficient (Wildman–Crippen LogP) is 4.18. The summed E-state index contributed by atoms with van der Waals surface area (Å²) in [6, 6.07) is 17.4. The lowest BCUT2D eigenvalue weighted by molar-refractivity contribution is 0.482. The zero-order valence-electron chi connectivity index (χ0n) is 13.6. The van der Waals surface area contributed by atoms with Crippen LogP contribution in [0.4, 0.5) is 0 Å². The molecular weight excluding hydrogens is 320 g/mol. The van der Waals surface area contributed by atoms with Gasteiger partial charge in [0.15, 0.2) is 5.16 Å². The molecule has 0 radical (unpaired) electrons. The number of rotatable bonds is 5. The predicted molar refractivity (Wildman–Crippen MR) is 97.1 cm³/mol. The molecule has 0 spiro atoms. The SMILES string of the molecule is CSc1nc(C)c(Cc2cccc(Oc3ccccc3)c2)c(=O)[nH]1. The van der Waals surface area contributed by atoms with Crippen molar-refractivity contribution >= 4 is 11.8 Å². The van der Waals surface area contributed by atoms with E-state index in [1.807, 2.05) is 67.8 Å². The van der Waals surface area contributed by atoms with Gasteiger partial charge in [-0.25, -0.2) is 4.98 Å². The first-order chi connectivity index (χ1) is 11.7. The number of hydrogen-bond acceptors (Lipinski definition) is 4. The summed E-state index contributed by atoms with van der Waals surface area (Å²) < 4.78 is 5.85. The quantitative estimate of drug-likeness (QED) is 0.560. The number of aromatic amines is 1. The minimum atomic E-state index is -0.0822. The highest BCUT2D eigenvalue weighted by atomic mass is 32.2. The molecule has 0 amide bonds. The molecule has 3 aromatic rings. The number of thioether (sulfide) groups is 1. The molecule has 1 heterocycles. The van der Waals surface area contributed by atoms with E-state index in [4.69, 9.17) is 4.74 Å². The number of aromatic nitrogens is 2. The van der Waals surface area contributed by atoms with Gasteiger partial charge in [0.05, 0.1) is 0 Å². The fraction of sp³-hybridized carbons (Fsp3) is 0.158. The Labute approximate surface area is 144 Å². The highest BCUT2D eigenvalue weighted by Gasteiger charge is 2.09.